The van der Waals surface area contributed by atoms with Gasteiger partial charge in [0.2, 0.25) is 0 Å². The minimum Gasteiger partial charge on any atom is -0.484 e. The van der Waals surface area contributed by atoms with E-state index in [1.807, 2.05) is 6.07 Å². The van der Waals surface area contributed by atoms with Gasteiger partial charge in [-0.25, -0.2) is 4.79 Å². The van der Waals surface area contributed by atoms with Gasteiger partial charge in [0.05, 0.1) is 17.0 Å². The zero-order valence-electron chi connectivity index (χ0n) is 14.3. The number of carbonyl (C=O) groups excluding carboxylic acids is 3. The highest BCUT2D eigenvalue weighted by Gasteiger charge is 2.25. The molecule has 0 aliphatic heterocycles. The largest absolute Gasteiger partial charge is 0.484 e. The summed E-state index contributed by atoms with van der Waals surface area (Å²) >= 11 is 1.06. The van der Waals surface area contributed by atoms with E-state index in [1.165, 1.54) is 6.92 Å². The number of anilines is 1. The number of benzene rings is 1. The van der Waals surface area contributed by atoms with Crippen molar-refractivity contribution in [2.24, 2.45) is 0 Å². The van der Waals surface area contributed by atoms with E-state index in [1.54, 1.807) is 38.1 Å². The van der Waals surface area contributed by atoms with Crippen LogP contribution in [0.2, 0.25) is 0 Å². The minimum atomic E-state index is -0.567. The fourth-order valence-corrected chi connectivity index (χ4v) is 3.32. The molecule has 0 unspecified atom stereocenters. The van der Waals surface area contributed by atoms with Crippen molar-refractivity contribution in [1.29, 1.82) is 0 Å². The molecule has 1 aromatic heterocycles. The van der Waals surface area contributed by atoms with Gasteiger partial charge in [0.15, 0.2) is 12.4 Å². The van der Waals surface area contributed by atoms with Gasteiger partial charge in [-0.1, -0.05) is 18.2 Å². The average Bonchev–Trinajstić information content (AvgIpc) is 2.90. The summed E-state index contributed by atoms with van der Waals surface area (Å²) in [6, 6.07) is 8.92. The van der Waals surface area contributed by atoms with Gasteiger partial charge in [-0.2, -0.15) is 0 Å². The first kappa shape index (κ1) is 18.7. The van der Waals surface area contributed by atoms with E-state index in [2.05, 4.69) is 5.32 Å². The Hall–Kier alpha value is -2.67. The number of hydrogen-bond acceptors (Lipinski definition) is 6. The van der Waals surface area contributed by atoms with Crippen molar-refractivity contribution in [3.8, 4) is 5.75 Å². The highest BCUT2D eigenvalue weighted by atomic mass is 32.1. The maximum atomic E-state index is 12.2. The standard InChI is InChI=1S/C18H19NO5S/c1-4-23-18(22)15-11(2)16(12(3)20)25-17(15)19-14(21)10-24-13-8-6-5-7-9-13/h5-9H,4,10H2,1-3H3,(H,19,21). The number of thiophene rings is 1. The van der Waals surface area contributed by atoms with Crippen LogP contribution in [0.4, 0.5) is 5.00 Å². The van der Waals surface area contributed by atoms with E-state index < -0.39 is 11.9 Å². The number of para-hydroxylation sites is 1. The fraction of sp³-hybridized carbons (Fsp3) is 0.278. The molecule has 0 aliphatic carbocycles. The van der Waals surface area contributed by atoms with E-state index in [9.17, 15) is 14.4 Å². The lowest BCUT2D eigenvalue weighted by Crippen LogP contribution is -2.21. The summed E-state index contributed by atoms with van der Waals surface area (Å²) in [7, 11) is 0. The lowest BCUT2D eigenvalue weighted by Gasteiger charge is -2.08. The first-order chi connectivity index (χ1) is 11.9. The third kappa shape index (κ3) is 4.67. The summed E-state index contributed by atoms with van der Waals surface area (Å²) in [6.07, 6.45) is 0. The summed E-state index contributed by atoms with van der Waals surface area (Å²) in [5, 5.41) is 2.93. The number of hydrogen-bond donors (Lipinski definition) is 1. The van der Waals surface area contributed by atoms with Crippen LogP contribution in [0.25, 0.3) is 0 Å². The molecule has 1 aromatic carbocycles. The smallest absolute Gasteiger partial charge is 0.341 e. The van der Waals surface area contributed by atoms with Crippen LogP contribution in [-0.4, -0.2) is 30.9 Å². The Labute approximate surface area is 149 Å². The quantitative estimate of drug-likeness (QED) is 0.603. The second-order valence-corrected chi connectivity index (χ2v) is 6.21. The predicted molar refractivity (Wildman–Crippen MR) is 95.6 cm³/mol. The number of ether oxygens (including phenoxy) is 2. The number of esters is 1. The van der Waals surface area contributed by atoms with Gasteiger partial charge in [0.1, 0.15) is 10.8 Å². The minimum absolute atomic E-state index is 0.172. The lowest BCUT2D eigenvalue weighted by molar-refractivity contribution is -0.118. The molecule has 1 heterocycles. The number of carbonyl (C=O) groups is 3. The fourth-order valence-electron chi connectivity index (χ4n) is 2.21. The number of ketones is 1. The Morgan fingerprint density at radius 2 is 1.84 bits per heavy atom. The highest BCUT2D eigenvalue weighted by Crippen LogP contribution is 2.34. The Morgan fingerprint density at radius 3 is 2.44 bits per heavy atom. The molecule has 1 amide bonds. The number of rotatable bonds is 7. The molecule has 0 saturated carbocycles. The predicted octanol–water partition coefficient (Wildman–Crippen LogP) is 3.45. The number of nitrogens with one attached hydrogen (secondary N) is 1. The maximum Gasteiger partial charge on any atom is 0.341 e. The van der Waals surface area contributed by atoms with Crippen molar-refractivity contribution in [3.05, 3.63) is 46.3 Å². The van der Waals surface area contributed by atoms with Crippen molar-refractivity contribution in [2.75, 3.05) is 18.5 Å². The van der Waals surface area contributed by atoms with E-state index in [0.29, 0.717) is 21.2 Å². The van der Waals surface area contributed by atoms with Gasteiger partial charge in [0.25, 0.3) is 5.91 Å². The van der Waals surface area contributed by atoms with Crippen LogP contribution in [0.1, 0.15) is 39.4 Å². The van der Waals surface area contributed by atoms with Gasteiger partial charge in [-0.3, -0.25) is 9.59 Å². The molecule has 2 rings (SSSR count). The van der Waals surface area contributed by atoms with Gasteiger partial charge >= 0.3 is 5.97 Å². The SMILES string of the molecule is CCOC(=O)c1c(NC(=O)COc2ccccc2)sc(C(C)=O)c1C. The molecule has 6 nitrogen and oxygen atoms in total. The van der Waals surface area contributed by atoms with Gasteiger partial charge in [-0.05, 0) is 38.5 Å². The Morgan fingerprint density at radius 1 is 1.16 bits per heavy atom. The molecule has 0 bridgehead atoms. The molecule has 7 heteroatoms. The molecule has 1 N–H and O–H groups in total. The molecule has 132 valence electrons. The molecule has 0 aliphatic rings. The summed E-state index contributed by atoms with van der Waals surface area (Å²) in [5.74, 6) is -0.599. The van der Waals surface area contributed by atoms with E-state index in [-0.39, 0.29) is 24.6 Å². The normalized spacial score (nSPS) is 10.2. The zero-order valence-corrected chi connectivity index (χ0v) is 15.1. The molecule has 0 saturated heterocycles. The van der Waals surface area contributed by atoms with Gasteiger partial charge in [-0.15, -0.1) is 11.3 Å². The topological polar surface area (TPSA) is 81.7 Å². The van der Waals surface area contributed by atoms with Crippen LogP contribution in [0.3, 0.4) is 0 Å². The van der Waals surface area contributed by atoms with Crippen LogP contribution in [-0.2, 0) is 9.53 Å². The number of Topliss-reactive ketones (excluding diaryl/α,β-unsaturated/α-hetero) is 1. The summed E-state index contributed by atoms with van der Waals surface area (Å²) in [6.45, 7) is 4.76. The third-order valence-corrected chi connectivity index (χ3v) is 4.62. The van der Waals surface area contributed by atoms with Crippen LogP contribution < -0.4 is 10.1 Å². The zero-order chi connectivity index (χ0) is 18.4. The second-order valence-electron chi connectivity index (χ2n) is 5.19. The molecule has 25 heavy (non-hydrogen) atoms. The van der Waals surface area contributed by atoms with Crippen LogP contribution in [0.15, 0.2) is 30.3 Å². The average molecular weight is 361 g/mol. The van der Waals surface area contributed by atoms with E-state index in [0.717, 1.165) is 11.3 Å². The lowest BCUT2D eigenvalue weighted by atomic mass is 10.1. The van der Waals surface area contributed by atoms with Crippen molar-refractivity contribution in [2.45, 2.75) is 20.8 Å². The van der Waals surface area contributed by atoms with Crippen LogP contribution in [0, 0.1) is 6.92 Å². The van der Waals surface area contributed by atoms with Crippen molar-refractivity contribution < 1.29 is 23.9 Å². The summed E-state index contributed by atoms with van der Waals surface area (Å²) in [4.78, 5) is 36.5. The van der Waals surface area contributed by atoms with E-state index in [4.69, 9.17) is 9.47 Å². The van der Waals surface area contributed by atoms with Gasteiger partial charge in [0, 0.05) is 0 Å². The maximum absolute atomic E-state index is 12.2. The van der Waals surface area contributed by atoms with Crippen LogP contribution in [0.5, 0.6) is 5.75 Å². The van der Waals surface area contributed by atoms with Crippen LogP contribution >= 0.6 is 11.3 Å². The Balaban J connectivity index is 2.16. The third-order valence-electron chi connectivity index (χ3n) is 3.31. The molecular weight excluding hydrogens is 342 g/mol. The van der Waals surface area contributed by atoms with Crippen molar-refractivity contribution >= 4 is 34.0 Å². The molecule has 2 aromatic rings. The highest BCUT2D eigenvalue weighted by molar-refractivity contribution is 7.18. The Bertz CT molecular complexity index is 782. The summed E-state index contributed by atoms with van der Waals surface area (Å²) in [5.41, 5.74) is 0.723. The molecular formula is C18H19NO5S. The summed E-state index contributed by atoms with van der Waals surface area (Å²) < 4.78 is 10.4. The number of amides is 1. The first-order valence-corrected chi connectivity index (χ1v) is 8.54. The molecule has 0 spiro atoms. The molecule has 0 atom stereocenters. The molecule has 0 fully saturated rings. The first-order valence-electron chi connectivity index (χ1n) is 7.73. The Kier molecular flexibility index (Phi) is 6.30. The van der Waals surface area contributed by atoms with E-state index >= 15 is 0 Å². The van der Waals surface area contributed by atoms with Crippen molar-refractivity contribution in [3.63, 3.8) is 0 Å². The monoisotopic (exact) mass is 361 g/mol. The molecule has 0 radical (unpaired) electrons. The van der Waals surface area contributed by atoms with Crippen molar-refractivity contribution in [1.82, 2.24) is 0 Å². The van der Waals surface area contributed by atoms with Gasteiger partial charge < -0.3 is 14.8 Å². The second kappa shape index (κ2) is 8.43.